The van der Waals surface area contributed by atoms with Crippen LogP contribution in [0, 0.1) is 0 Å². The van der Waals surface area contributed by atoms with Crippen LogP contribution in [-0.2, 0) is 16.0 Å². The summed E-state index contributed by atoms with van der Waals surface area (Å²) in [6.45, 7) is 0.383. The van der Waals surface area contributed by atoms with Gasteiger partial charge in [-0.2, -0.15) is 0 Å². The summed E-state index contributed by atoms with van der Waals surface area (Å²) in [6.07, 6.45) is 3.36. The average Bonchev–Trinajstić information content (AvgIpc) is 3.43. The van der Waals surface area contributed by atoms with E-state index in [2.05, 4.69) is 21.7 Å². The minimum Gasteiger partial charge on any atom is -0.487 e. The Morgan fingerprint density at radius 3 is 2.97 bits per heavy atom. The summed E-state index contributed by atoms with van der Waals surface area (Å²) in [6, 6.07) is 11.6. The van der Waals surface area contributed by atoms with Crippen LogP contribution in [0.25, 0.3) is 22.0 Å². The molecule has 2 amide bonds. The number of ether oxygens (including phenoxy) is 1. The van der Waals surface area contributed by atoms with Gasteiger partial charge in [-0.1, -0.05) is 17.7 Å². The van der Waals surface area contributed by atoms with Crippen molar-refractivity contribution in [1.82, 2.24) is 15.6 Å². The normalized spacial score (nSPS) is 20.4. The lowest BCUT2D eigenvalue weighted by atomic mass is 9.99. The highest BCUT2D eigenvalue weighted by atomic mass is 35.5. The zero-order valence-electron chi connectivity index (χ0n) is 15.6. The van der Waals surface area contributed by atoms with Crippen LogP contribution in [0.4, 0.5) is 0 Å². The fourth-order valence-corrected chi connectivity index (χ4v) is 4.33. The second-order valence-electron chi connectivity index (χ2n) is 7.57. The second kappa shape index (κ2) is 7.12. The molecule has 1 saturated heterocycles. The molecular weight excluding hydrogens is 390 g/mol. The number of hydrogen-bond acceptors (Lipinski definition) is 3. The standard InChI is InChI=1S/C22H20ClN3O3/c23-15-8-14-9-16(11-25-22(28)19-3-4-20(27)26-19)29-21(14)17(10-15)12-1-2-18-13(7-12)5-6-24-18/h1-2,5-8,10,16,19,24H,3-4,9,11H2,(H,25,28)(H,26,27)/t16-,19-/m0/s1. The van der Waals surface area contributed by atoms with E-state index in [1.807, 2.05) is 36.5 Å². The number of aromatic amines is 1. The van der Waals surface area contributed by atoms with Crippen LogP contribution < -0.4 is 15.4 Å². The maximum atomic E-state index is 12.3. The molecule has 2 atom stereocenters. The zero-order valence-corrected chi connectivity index (χ0v) is 16.4. The zero-order chi connectivity index (χ0) is 20.0. The van der Waals surface area contributed by atoms with Crippen LogP contribution in [0.2, 0.25) is 5.02 Å². The summed E-state index contributed by atoms with van der Waals surface area (Å²) in [5, 5.41) is 7.37. The molecular formula is C22H20ClN3O3. The van der Waals surface area contributed by atoms with Gasteiger partial charge in [0.1, 0.15) is 17.9 Å². The third-order valence-corrected chi connectivity index (χ3v) is 5.76. The lowest BCUT2D eigenvalue weighted by Crippen LogP contribution is -2.44. The van der Waals surface area contributed by atoms with Crippen LogP contribution >= 0.6 is 11.6 Å². The Balaban J connectivity index is 1.34. The predicted molar refractivity (Wildman–Crippen MR) is 111 cm³/mol. The van der Waals surface area contributed by atoms with Crippen molar-refractivity contribution >= 4 is 34.3 Å². The lowest BCUT2D eigenvalue weighted by Gasteiger charge is -2.16. The number of carbonyl (C=O) groups is 2. The molecule has 1 fully saturated rings. The van der Waals surface area contributed by atoms with E-state index in [9.17, 15) is 9.59 Å². The van der Waals surface area contributed by atoms with Crippen molar-refractivity contribution in [2.24, 2.45) is 0 Å². The van der Waals surface area contributed by atoms with Crippen molar-refractivity contribution in [3.63, 3.8) is 0 Å². The molecule has 0 radical (unpaired) electrons. The summed E-state index contributed by atoms with van der Waals surface area (Å²) in [5.41, 5.74) is 4.10. The van der Waals surface area contributed by atoms with Crippen molar-refractivity contribution in [3.8, 4) is 16.9 Å². The Morgan fingerprint density at radius 2 is 2.14 bits per heavy atom. The van der Waals surface area contributed by atoms with Crippen molar-refractivity contribution in [3.05, 3.63) is 53.2 Å². The molecule has 2 aromatic carbocycles. The van der Waals surface area contributed by atoms with Gasteiger partial charge in [0.2, 0.25) is 11.8 Å². The molecule has 1 aromatic heterocycles. The van der Waals surface area contributed by atoms with Gasteiger partial charge in [0.25, 0.3) is 0 Å². The van der Waals surface area contributed by atoms with Gasteiger partial charge >= 0.3 is 0 Å². The molecule has 0 bridgehead atoms. The number of benzene rings is 2. The van der Waals surface area contributed by atoms with Gasteiger partial charge in [0, 0.05) is 40.7 Å². The Hall–Kier alpha value is -2.99. The van der Waals surface area contributed by atoms with E-state index in [4.69, 9.17) is 16.3 Å². The molecule has 29 heavy (non-hydrogen) atoms. The largest absolute Gasteiger partial charge is 0.487 e. The minimum absolute atomic E-state index is 0.0756. The summed E-state index contributed by atoms with van der Waals surface area (Å²) < 4.78 is 6.21. The van der Waals surface area contributed by atoms with Crippen molar-refractivity contribution in [2.75, 3.05) is 6.54 Å². The Labute approximate surface area is 172 Å². The predicted octanol–water partition coefficient (Wildman–Crippen LogP) is 3.19. The Morgan fingerprint density at radius 1 is 1.24 bits per heavy atom. The third kappa shape index (κ3) is 3.44. The fourth-order valence-electron chi connectivity index (χ4n) is 4.09. The van der Waals surface area contributed by atoms with E-state index in [1.165, 1.54) is 0 Å². The molecule has 3 N–H and O–H groups in total. The molecule has 5 rings (SSSR count). The molecule has 0 unspecified atom stereocenters. The Kier molecular flexibility index (Phi) is 4.43. The minimum atomic E-state index is -0.440. The Bertz CT molecular complexity index is 1120. The number of rotatable bonds is 4. The number of halogens is 1. The highest BCUT2D eigenvalue weighted by molar-refractivity contribution is 6.31. The molecule has 2 aliphatic heterocycles. The van der Waals surface area contributed by atoms with Crippen LogP contribution in [0.15, 0.2) is 42.6 Å². The number of carbonyl (C=O) groups excluding carboxylic acids is 2. The summed E-state index contributed by atoms with van der Waals surface area (Å²) in [5.74, 6) is 0.581. The quantitative estimate of drug-likeness (QED) is 0.618. The van der Waals surface area contributed by atoms with E-state index in [1.54, 1.807) is 0 Å². The van der Waals surface area contributed by atoms with E-state index in [-0.39, 0.29) is 17.9 Å². The van der Waals surface area contributed by atoms with Crippen molar-refractivity contribution in [2.45, 2.75) is 31.4 Å². The first kappa shape index (κ1) is 18.1. The summed E-state index contributed by atoms with van der Waals surface area (Å²) >= 11 is 6.38. The molecule has 0 saturated carbocycles. The van der Waals surface area contributed by atoms with Crippen LogP contribution in [0.1, 0.15) is 18.4 Å². The van der Waals surface area contributed by atoms with Crippen LogP contribution in [0.5, 0.6) is 5.75 Å². The number of aromatic nitrogens is 1. The molecule has 3 aromatic rings. The SMILES string of the molecule is O=C1CC[C@@H](C(=O)NC[C@@H]2Cc3cc(Cl)cc(-c4ccc5[nH]ccc5c4)c3O2)N1. The van der Waals surface area contributed by atoms with E-state index in [0.29, 0.717) is 30.8 Å². The van der Waals surface area contributed by atoms with Crippen molar-refractivity contribution < 1.29 is 14.3 Å². The first-order valence-corrected chi connectivity index (χ1v) is 10.1. The monoisotopic (exact) mass is 409 g/mol. The smallest absolute Gasteiger partial charge is 0.242 e. The highest BCUT2D eigenvalue weighted by Crippen LogP contribution is 2.41. The summed E-state index contributed by atoms with van der Waals surface area (Å²) in [4.78, 5) is 26.8. The molecule has 2 aliphatic rings. The maximum Gasteiger partial charge on any atom is 0.242 e. The maximum absolute atomic E-state index is 12.3. The first-order chi connectivity index (χ1) is 14.1. The molecule has 0 spiro atoms. The van der Waals surface area contributed by atoms with Crippen LogP contribution in [0.3, 0.4) is 0 Å². The topological polar surface area (TPSA) is 83.2 Å². The highest BCUT2D eigenvalue weighted by Gasteiger charge is 2.30. The third-order valence-electron chi connectivity index (χ3n) is 5.54. The molecule has 148 valence electrons. The van der Waals surface area contributed by atoms with E-state index < -0.39 is 6.04 Å². The average molecular weight is 410 g/mol. The van der Waals surface area contributed by atoms with Gasteiger partial charge in [-0.3, -0.25) is 9.59 Å². The first-order valence-electron chi connectivity index (χ1n) is 9.70. The molecule has 7 heteroatoms. The number of nitrogens with one attached hydrogen (secondary N) is 3. The van der Waals surface area contributed by atoms with E-state index >= 15 is 0 Å². The summed E-state index contributed by atoms with van der Waals surface area (Å²) in [7, 11) is 0. The number of H-pyrrole nitrogens is 1. The van der Waals surface area contributed by atoms with Gasteiger partial charge < -0.3 is 20.4 Å². The van der Waals surface area contributed by atoms with Gasteiger partial charge in [0.05, 0.1) is 6.54 Å². The van der Waals surface area contributed by atoms with Gasteiger partial charge in [-0.05, 0) is 47.7 Å². The second-order valence-corrected chi connectivity index (χ2v) is 8.01. The molecule has 6 nitrogen and oxygen atoms in total. The lowest BCUT2D eigenvalue weighted by molar-refractivity contribution is -0.126. The van der Waals surface area contributed by atoms with Crippen molar-refractivity contribution in [1.29, 1.82) is 0 Å². The number of hydrogen-bond donors (Lipinski definition) is 3. The van der Waals surface area contributed by atoms with Gasteiger partial charge in [-0.25, -0.2) is 0 Å². The molecule has 3 heterocycles. The van der Waals surface area contributed by atoms with Gasteiger partial charge in [-0.15, -0.1) is 0 Å². The van der Waals surface area contributed by atoms with Crippen LogP contribution in [-0.4, -0.2) is 35.5 Å². The van der Waals surface area contributed by atoms with Gasteiger partial charge in [0.15, 0.2) is 0 Å². The number of fused-ring (bicyclic) bond motifs is 2. The van der Waals surface area contributed by atoms with E-state index in [0.717, 1.165) is 33.3 Å². The number of amides is 2. The fraction of sp³-hybridized carbons (Fsp3) is 0.273. The molecule has 0 aliphatic carbocycles.